The minimum Gasteiger partial charge on any atom is -0.485 e. The number of ether oxygens (including phenoxy) is 1. The fourth-order valence-electron chi connectivity index (χ4n) is 3.21. The Balaban J connectivity index is 1.48. The third-order valence-corrected chi connectivity index (χ3v) is 5.77. The van der Waals surface area contributed by atoms with Crippen molar-refractivity contribution in [1.82, 2.24) is 20.1 Å². The van der Waals surface area contributed by atoms with Crippen LogP contribution in [0, 0.1) is 6.92 Å². The number of carbonyl (C=O) groups excluding carboxylic acids is 1. The number of nitrogens with zero attached hydrogens (tertiary/aromatic N) is 3. The molecule has 0 saturated heterocycles. The Hall–Kier alpha value is -3.52. The van der Waals surface area contributed by atoms with E-state index in [1.807, 2.05) is 79.1 Å². The normalized spacial score (nSPS) is 11.8. The van der Waals surface area contributed by atoms with Crippen LogP contribution in [-0.2, 0) is 11.4 Å². The van der Waals surface area contributed by atoms with Crippen LogP contribution in [0.4, 0.5) is 0 Å². The molecule has 2 aromatic heterocycles. The molecular weight excluding hydrogens is 424 g/mol. The van der Waals surface area contributed by atoms with Gasteiger partial charge in [0.25, 0.3) is 0 Å². The van der Waals surface area contributed by atoms with Crippen LogP contribution in [0.3, 0.4) is 0 Å². The van der Waals surface area contributed by atoms with Gasteiger partial charge >= 0.3 is 0 Å². The molecule has 2 heterocycles. The lowest BCUT2D eigenvalue weighted by molar-refractivity contribution is -0.119. The van der Waals surface area contributed by atoms with Crippen LogP contribution in [0.2, 0.25) is 0 Å². The van der Waals surface area contributed by atoms with Gasteiger partial charge in [-0.2, -0.15) is 0 Å². The Kier molecular flexibility index (Phi) is 6.91. The van der Waals surface area contributed by atoms with Gasteiger partial charge in [0.15, 0.2) is 11.0 Å². The van der Waals surface area contributed by atoms with Crippen LogP contribution < -0.4 is 10.1 Å². The summed E-state index contributed by atoms with van der Waals surface area (Å²) in [5.74, 6) is 2.27. The second-order valence-electron chi connectivity index (χ2n) is 7.22. The van der Waals surface area contributed by atoms with Gasteiger partial charge in [-0.05, 0) is 49.7 Å². The van der Waals surface area contributed by atoms with Crippen LogP contribution in [0.25, 0.3) is 5.69 Å². The number of nitrogens with one attached hydrogen (secondary N) is 1. The number of amides is 1. The Morgan fingerprint density at radius 2 is 1.88 bits per heavy atom. The van der Waals surface area contributed by atoms with E-state index in [1.54, 1.807) is 12.3 Å². The van der Waals surface area contributed by atoms with E-state index in [1.165, 1.54) is 11.8 Å². The van der Waals surface area contributed by atoms with Gasteiger partial charge in [0.1, 0.15) is 18.1 Å². The SMILES string of the molecule is Cc1ccccc1OCc1nnc(SCC(=O)N[C@H](C)c2ccco2)n1-c1ccccc1. The van der Waals surface area contributed by atoms with Crippen LogP contribution >= 0.6 is 11.8 Å². The number of benzene rings is 2. The third kappa shape index (κ3) is 5.20. The first-order valence-electron chi connectivity index (χ1n) is 10.3. The summed E-state index contributed by atoms with van der Waals surface area (Å²) in [5.41, 5.74) is 1.96. The molecule has 0 spiro atoms. The third-order valence-electron chi connectivity index (χ3n) is 4.84. The van der Waals surface area contributed by atoms with Crippen LogP contribution in [-0.4, -0.2) is 26.4 Å². The van der Waals surface area contributed by atoms with E-state index < -0.39 is 0 Å². The monoisotopic (exact) mass is 448 g/mol. The maximum absolute atomic E-state index is 12.5. The van der Waals surface area contributed by atoms with Gasteiger partial charge in [0, 0.05) is 5.69 Å². The molecule has 2 aromatic carbocycles. The molecule has 32 heavy (non-hydrogen) atoms. The number of thioether (sulfide) groups is 1. The predicted octanol–water partition coefficient (Wildman–Crippen LogP) is 4.72. The highest BCUT2D eigenvalue weighted by atomic mass is 32.2. The lowest BCUT2D eigenvalue weighted by Crippen LogP contribution is -2.28. The summed E-state index contributed by atoms with van der Waals surface area (Å²) in [5, 5.41) is 12.2. The van der Waals surface area contributed by atoms with Gasteiger partial charge in [-0.1, -0.05) is 48.2 Å². The summed E-state index contributed by atoms with van der Waals surface area (Å²) in [7, 11) is 0. The van der Waals surface area contributed by atoms with Gasteiger partial charge in [0.05, 0.1) is 18.1 Å². The zero-order chi connectivity index (χ0) is 22.3. The average Bonchev–Trinajstić information content (AvgIpc) is 3.48. The maximum atomic E-state index is 12.5. The minimum absolute atomic E-state index is 0.112. The van der Waals surface area contributed by atoms with Gasteiger partial charge in [-0.15, -0.1) is 10.2 Å². The van der Waals surface area contributed by atoms with Gasteiger partial charge in [-0.25, -0.2) is 0 Å². The van der Waals surface area contributed by atoms with Gasteiger partial charge in [-0.3, -0.25) is 9.36 Å². The Morgan fingerprint density at radius 1 is 1.09 bits per heavy atom. The maximum Gasteiger partial charge on any atom is 0.231 e. The average molecular weight is 449 g/mol. The van der Waals surface area contributed by atoms with E-state index in [9.17, 15) is 4.79 Å². The molecule has 8 heteroatoms. The number of hydrogen-bond donors (Lipinski definition) is 1. The number of carbonyl (C=O) groups is 1. The second kappa shape index (κ2) is 10.2. The predicted molar refractivity (Wildman–Crippen MR) is 123 cm³/mol. The highest BCUT2D eigenvalue weighted by Crippen LogP contribution is 2.24. The van der Waals surface area contributed by atoms with Crippen LogP contribution in [0.1, 0.15) is 30.1 Å². The number of furan rings is 1. The van der Waals surface area contributed by atoms with Gasteiger partial charge < -0.3 is 14.5 Å². The molecule has 1 atom stereocenters. The number of aryl methyl sites for hydroxylation is 1. The quantitative estimate of drug-likeness (QED) is 0.373. The summed E-state index contributed by atoms with van der Waals surface area (Å²) in [6, 6.07) is 21.1. The molecule has 0 radical (unpaired) electrons. The molecule has 0 fully saturated rings. The molecule has 0 bridgehead atoms. The van der Waals surface area contributed by atoms with Gasteiger partial charge in [0.2, 0.25) is 5.91 Å². The molecule has 7 nitrogen and oxygen atoms in total. The number of para-hydroxylation sites is 2. The first-order valence-corrected chi connectivity index (χ1v) is 11.2. The smallest absolute Gasteiger partial charge is 0.231 e. The van der Waals surface area contributed by atoms with E-state index in [0.29, 0.717) is 16.7 Å². The summed E-state index contributed by atoms with van der Waals surface area (Å²) < 4.78 is 13.3. The first kappa shape index (κ1) is 21.7. The molecule has 1 N–H and O–H groups in total. The van der Waals surface area contributed by atoms with Crippen molar-refractivity contribution in [2.75, 3.05) is 5.75 Å². The lowest BCUT2D eigenvalue weighted by atomic mass is 10.2. The zero-order valence-corrected chi connectivity index (χ0v) is 18.7. The van der Waals surface area contributed by atoms with Crippen molar-refractivity contribution in [3.8, 4) is 11.4 Å². The van der Waals surface area contributed by atoms with E-state index in [4.69, 9.17) is 9.15 Å². The fourth-order valence-corrected chi connectivity index (χ4v) is 3.99. The Labute approximate surface area is 190 Å². The molecule has 164 valence electrons. The largest absolute Gasteiger partial charge is 0.485 e. The summed E-state index contributed by atoms with van der Waals surface area (Å²) in [6.45, 7) is 4.14. The van der Waals surface area contributed by atoms with Crippen molar-refractivity contribution in [3.63, 3.8) is 0 Å². The highest BCUT2D eigenvalue weighted by Gasteiger charge is 2.18. The molecule has 4 rings (SSSR count). The topological polar surface area (TPSA) is 82.2 Å². The molecule has 0 aliphatic rings. The minimum atomic E-state index is -0.205. The molecule has 0 saturated carbocycles. The Morgan fingerprint density at radius 3 is 2.62 bits per heavy atom. The van der Waals surface area contributed by atoms with Crippen molar-refractivity contribution in [1.29, 1.82) is 0 Å². The van der Waals surface area contributed by atoms with E-state index >= 15 is 0 Å². The number of hydrogen-bond acceptors (Lipinski definition) is 6. The molecule has 1 amide bonds. The Bertz CT molecular complexity index is 1160. The van der Waals surface area contributed by atoms with Crippen molar-refractivity contribution < 1.29 is 13.9 Å². The molecular formula is C24H24N4O3S. The summed E-state index contributed by atoms with van der Waals surface area (Å²) in [4.78, 5) is 12.5. The first-order chi connectivity index (χ1) is 15.6. The molecule has 0 unspecified atom stereocenters. The zero-order valence-electron chi connectivity index (χ0n) is 17.9. The van der Waals surface area contributed by atoms with Crippen LogP contribution in [0.15, 0.2) is 82.6 Å². The van der Waals surface area contributed by atoms with E-state index in [0.717, 1.165) is 17.0 Å². The molecule has 0 aliphatic heterocycles. The fraction of sp³-hybridized carbons (Fsp3) is 0.208. The molecule has 0 aliphatic carbocycles. The van der Waals surface area contributed by atoms with Crippen molar-refractivity contribution in [2.24, 2.45) is 0 Å². The lowest BCUT2D eigenvalue weighted by Gasteiger charge is -2.13. The summed E-state index contributed by atoms with van der Waals surface area (Å²) in [6.07, 6.45) is 1.59. The van der Waals surface area contributed by atoms with Crippen LogP contribution in [0.5, 0.6) is 5.75 Å². The number of aromatic nitrogens is 3. The second-order valence-corrected chi connectivity index (χ2v) is 8.16. The highest BCUT2D eigenvalue weighted by molar-refractivity contribution is 7.99. The standard InChI is InChI=1S/C24H24N4O3S/c1-17-9-6-7-12-20(17)31-15-22-26-27-24(28(22)19-10-4-3-5-11-19)32-16-23(29)25-18(2)21-13-8-14-30-21/h3-14,18H,15-16H2,1-2H3,(H,25,29)/t18-/m1/s1. The van der Waals surface area contributed by atoms with Crippen molar-refractivity contribution >= 4 is 17.7 Å². The molecule has 4 aromatic rings. The van der Waals surface area contributed by atoms with Crippen molar-refractivity contribution in [3.05, 3.63) is 90.1 Å². The van der Waals surface area contributed by atoms with E-state index in [2.05, 4.69) is 15.5 Å². The van der Waals surface area contributed by atoms with Crippen molar-refractivity contribution in [2.45, 2.75) is 31.7 Å². The summed E-state index contributed by atoms with van der Waals surface area (Å²) >= 11 is 1.33. The van der Waals surface area contributed by atoms with E-state index in [-0.39, 0.29) is 24.3 Å². The number of rotatable bonds is 9.